The van der Waals surface area contributed by atoms with E-state index in [1.807, 2.05) is 17.0 Å². The number of halogens is 3. The molecule has 43 heavy (non-hydrogen) atoms. The molecular formula is C31H31F3N4O4S. The maximum absolute atomic E-state index is 14.0. The minimum atomic E-state index is -4.63. The van der Waals surface area contributed by atoms with Crippen LogP contribution in [0.3, 0.4) is 0 Å². The Morgan fingerprint density at radius 2 is 1.72 bits per heavy atom. The quantitative estimate of drug-likeness (QED) is 0.379. The number of anilines is 1. The summed E-state index contributed by atoms with van der Waals surface area (Å²) in [6.07, 6.45) is -0.686. The largest absolute Gasteiger partial charge is 0.440 e. The molecule has 0 spiro atoms. The molecule has 6 rings (SSSR count). The Labute approximate surface area is 247 Å². The number of oxazole rings is 1. The number of alkyl halides is 3. The van der Waals surface area contributed by atoms with Gasteiger partial charge in [0.15, 0.2) is 9.84 Å². The lowest BCUT2D eigenvalue weighted by Crippen LogP contribution is -2.42. The van der Waals surface area contributed by atoms with E-state index in [9.17, 15) is 31.6 Å². The molecule has 1 amide bonds. The van der Waals surface area contributed by atoms with Gasteiger partial charge in [0.25, 0.3) is 0 Å². The molecular weight excluding hydrogens is 581 g/mol. The van der Waals surface area contributed by atoms with Gasteiger partial charge in [-0.2, -0.15) is 18.4 Å². The summed E-state index contributed by atoms with van der Waals surface area (Å²) in [6, 6.07) is 14.6. The summed E-state index contributed by atoms with van der Waals surface area (Å²) in [5.41, 5.74) is -0.0927. The summed E-state index contributed by atoms with van der Waals surface area (Å²) < 4.78 is 71.8. The average Bonchev–Trinajstić information content (AvgIpc) is 3.63. The molecule has 1 aromatic heterocycles. The SMILES string of the molecule is N#CC1(NC(=O)C2CCCCC2c2oc(-c3ccccc3C(F)(F)F)nc2-c2ccc(N3CCS(=O)(=O)CC3)cc2)CC1. The molecule has 2 heterocycles. The summed E-state index contributed by atoms with van der Waals surface area (Å²) in [7, 11) is -3.05. The Morgan fingerprint density at radius 1 is 1.05 bits per heavy atom. The third-order valence-electron chi connectivity index (χ3n) is 8.73. The summed E-state index contributed by atoms with van der Waals surface area (Å²) >= 11 is 0. The maximum atomic E-state index is 14.0. The summed E-state index contributed by atoms with van der Waals surface area (Å²) in [5.74, 6) is -0.894. The Kier molecular flexibility index (Phi) is 7.49. The van der Waals surface area contributed by atoms with Crippen LogP contribution in [0.4, 0.5) is 18.9 Å². The zero-order chi connectivity index (χ0) is 30.4. The van der Waals surface area contributed by atoms with Gasteiger partial charge in [-0.15, -0.1) is 0 Å². The van der Waals surface area contributed by atoms with Gasteiger partial charge in [0, 0.05) is 41.7 Å². The highest BCUT2D eigenvalue weighted by Crippen LogP contribution is 2.46. The van der Waals surface area contributed by atoms with Crippen LogP contribution >= 0.6 is 0 Å². The maximum Gasteiger partial charge on any atom is 0.417 e. The molecule has 0 radical (unpaired) electrons. The Balaban J connectivity index is 1.40. The molecule has 3 aliphatic rings. The number of hydrogen-bond donors (Lipinski definition) is 1. The van der Waals surface area contributed by atoms with E-state index in [1.54, 1.807) is 12.1 Å². The first-order valence-electron chi connectivity index (χ1n) is 14.4. The van der Waals surface area contributed by atoms with Crippen molar-refractivity contribution in [3.63, 3.8) is 0 Å². The number of nitrogens with zero attached hydrogens (tertiary/aromatic N) is 3. The molecule has 2 saturated carbocycles. The third kappa shape index (κ3) is 6.00. The summed E-state index contributed by atoms with van der Waals surface area (Å²) in [5, 5.41) is 12.4. The molecule has 226 valence electrons. The molecule has 3 fully saturated rings. The van der Waals surface area contributed by atoms with Gasteiger partial charge < -0.3 is 14.6 Å². The minimum absolute atomic E-state index is 0.0718. The van der Waals surface area contributed by atoms with Crippen LogP contribution in [0.25, 0.3) is 22.7 Å². The molecule has 1 aliphatic heterocycles. The smallest absolute Gasteiger partial charge is 0.417 e. The fourth-order valence-corrected chi connectivity index (χ4v) is 7.30. The van der Waals surface area contributed by atoms with Crippen molar-refractivity contribution >= 4 is 21.4 Å². The van der Waals surface area contributed by atoms with Crippen LogP contribution in [0.5, 0.6) is 0 Å². The first kappa shape index (κ1) is 29.2. The van der Waals surface area contributed by atoms with Crippen molar-refractivity contribution in [2.24, 2.45) is 5.92 Å². The van der Waals surface area contributed by atoms with E-state index in [1.165, 1.54) is 18.2 Å². The number of carbonyl (C=O) groups is 1. The molecule has 2 aromatic carbocycles. The molecule has 2 aliphatic carbocycles. The van der Waals surface area contributed by atoms with E-state index in [0.717, 1.165) is 24.6 Å². The number of rotatable bonds is 6. The first-order chi connectivity index (χ1) is 20.5. The first-order valence-corrected chi connectivity index (χ1v) is 16.3. The van der Waals surface area contributed by atoms with E-state index >= 15 is 0 Å². The van der Waals surface area contributed by atoms with Crippen molar-refractivity contribution in [1.82, 2.24) is 10.3 Å². The van der Waals surface area contributed by atoms with Gasteiger partial charge in [-0.05, 0) is 49.9 Å². The predicted octanol–water partition coefficient (Wildman–Crippen LogP) is 5.71. The zero-order valence-electron chi connectivity index (χ0n) is 23.4. The summed E-state index contributed by atoms with van der Waals surface area (Å²) in [6.45, 7) is 0.747. The lowest BCUT2D eigenvalue weighted by Gasteiger charge is -2.30. The van der Waals surface area contributed by atoms with Crippen molar-refractivity contribution in [3.05, 3.63) is 59.9 Å². The Morgan fingerprint density at radius 3 is 2.37 bits per heavy atom. The van der Waals surface area contributed by atoms with Crippen LogP contribution in [-0.4, -0.2) is 49.4 Å². The van der Waals surface area contributed by atoms with Crippen LogP contribution in [0.15, 0.2) is 52.9 Å². The van der Waals surface area contributed by atoms with E-state index < -0.39 is 39.0 Å². The fourth-order valence-electron chi connectivity index (χ4n) is 6.10. The molecule has 2 atom stereocenters. The van der Waals surface area contributed by atoms with E-state index in [0.29, 0.717) is 55.8 Å². The van der Waals surface area contributed by atoms with Gasteiger partial charge >= 0.3 is 6.18 Å². The number of nitrogens with one attached hydrogen (secondary N) is 1. The van der Waals surface area contributed by atoms with Crippen molar-refractivity contribution in [2.45, 2.75) is 56.2 Å². The van der Waals surface area contributed by atoms with E-state index in [-0.39, 0.29) is 28.9 Å². The van der Waals surface area contributed by atoms with Crippen LogP contribution in [-0.2, 0) is 20.8 Å². The highest BCUT2D eigenvalue weighted by atomic mass is 32.2. The second-order valence-electron chi connectivity index (χ2n) is 11.6. The highest BCUT2D eigenvalue weighted by Gasteiger charge is 2.47. The van der Waals surface area contributed by atoms with Crippen molar-refractivity contribution in [1.29, 1.82) is 5.26 Å². The molecule has 1 saturated heterocycles. The normalized spacial score (nSPS) is 22.9. The Hall–Kier alpha value is -3.85. The average molecular weight is 613 g/mol. The lowest BCUT2D eigenvalue weighted by atomic mass is 9.76. The molecule has 2 unspecified atom stereocenters. The van der Waals surface area contributed by atoms with Crippen LogP contribution in [0.1, 0.15) is 55.8 Å². The van der Waals surface area contributed by atoms with Crippen molar-refractivity contribution in [2.75, 3.05) is 29.5 Å². The van der Waals surface area contributed by atoms with Gasteiger partial charge in [-0.3, -0.25) is 4.79 Å². The number of amides is 1. The zero-order valence-corrected chi connectivity index (χ0v) is 24.2. The second kappa shape index (κ2) is 11.0. The monoisotopic (exact) mass is 612 g/mol. The van der Waals surface area contributed by atoms with Crippen LogP contribution in [0.2, 0.25) is 0 Å². The van der Waals surface area contributed by atoms with Gasteiger partial charge in [-0.25, -0.2) is 13.4 Å². The number of benzene rings is 2. The number of nitriles is 1. The fraction of sp³-hybridized carbons (Fsp3) is 0.452. The minimum Gasteiger partial charge on any atom is -0.440 e. The summed E-state index contributed by atoms with van der Waals surface area (Å²) in [4.78, 5) is 20.0. The van der Waals surface area contributed by atoms with Crippen LogP contribution < -0.4 is 10.2 Å². The second-order valence-corrected chi connectivity index (χ2v) is 13.9. The van der Waals surface area contributed by atoms with Crippen molar-refractivity contribution < 1.29 is 30.8 Å². The number of hydrogen-bond acceptors (Lipinski definition) is 7. The van der Waals surface area contributed by atoms with Gasteiger partial charge in [-0.1, -0.05) is 37.1 Å². The molecule has 3 aromatic rings. The Bertz CT molecular complexity index is 1660. The number of sulfone groups is 1. The van der Waals surface area contributed by atoms with E-state index in [4.69, 9.17) is 4.42 Å². The molecule has 0 bridgehead atoms. The van der Waals surface area contributed by atoms with Gasteiger partial charge in [0.1, 0.15) is 17.0 Å². The lowest BCUT2D eigenvalue weighted by molar-refractivity contribution is -0.137. The topological polar surface area (TPSA) is 116 Å². The van der Waals surface area contributed by atoms with Gasteiger partial charge in [0.2, 0.25) is 11.8 Å². The van der Waals surface area contributed by atoms with Gasteiger partial charge in [0.05, 0.1) is 23.1 Å². The molecule has 1 N–H and O–H groups in total. The predicted molar refractivity (Wildman–Crippen MR) is 154 cm³/mol. The molecule has 8 nitrogen and oxygen atoms in total. The third-order valence-corrected chi connectivity index (χ3v) is 10.3. The number of carbonyl (C=O) groups excluding carboxylic acids is 1. The highest BCUT2D eigenvalue weighted by molar-refractivity contribution is 7.91. The van der Waals surface area contributed by atoms with E-state index in [2.05, 4.69) is 16.4 Å². The number of aromatic nitrogens is 1. The molecule has 12 heteroatoms. The van der Waals surface area contributed by atoms with Crippen molar-refractivity contribution in [3.8, 4) is 28.8 Å². The van der Waals surface area contributed by atoms with Crippen LogP contribution in [0, 0.1) is 17.2 Å². The standard InChI is InChI=1S/C31H31F3N4O4S/c32-31(33,34)25-8-4-3-7-24(25)29-36-26(20-9-11-21(12-10-20)38-15-17-43(40,41)18-16-38)27(42-29)22-5-1-2-6-23(22)28(39)37-30(19-35)13-14-30/h3-4,7-12,22-23H,1-2,5-6,13-18H2,(H,37,39).